The van der Waals surface area contributed by atoms with E-state index in [9.17, 15) is 20.0 Å². The Balaban J connectivity index is 1.95. The Labute approximate surface area is 187 Å². The lowest BCUT2D eigenvalue weighted by Crippen LogP contribution is -2.29. The maximum atomic E-state index is 13.2. The number of nitrogens with two attached hydrogens (primary N) is 1. The first-order chi connectivity index (χ1) is 14.9. The summed E-state index contributed by atoms with van der Waals surface area (Å²) >= 11 is 2.52. The Hall–Kier alpha value is -3.29. The van der Waals surface area contributed by atoms with Crippen LogP contribution in [0.5, 0.6) is 0 Å². The lowest BCUT2D eigenvalue weighted by atomic mass is 10.1. The zero-order chi connectivity index (χ0) is 22.5. The molecule has 0 aliphatic heterocycles. The van der Waals surface area contributed by atoms with Gasteiger partial charge in [0.2, 0.25) is 5.78 Å². The molecule has 2 heterocycles. The van der Waals surface area contributed by atoms with Gasteiger partial charge in [-0.2, -0.15) is 22.1 Å². The van der Waals surface area contributed by atoms with E-state index in [1.165, 1.54) is 18.0 Å². The molecule has 0 radical (unpaired) electrons. The van der Waals surface area contributed by atoms with Gasteiger partial charge in [0.25, 0.3) is 0 Å². The number of carbonyl (C=O) groups excluding carboxylic acids is 1. The van der Waals surface area contributed by atoms with Gasteiger partial charge in [-0.15, -0.1) is 11.3 Å². The van der Waals surface area contributed by atoms with E-state index >= 15 is 0 Å². The minimum Gasteiger partial charge on any atom is -0.480 e. The van der Waals surface area contributed by atoms with Crippen LogP contribution in [0.2, 0.25) is 0 Å². The van der Waals surface area contributed by atoms with E-state index in [0.717, 1.165) is 17.0 Å². The predicted octanol–water partition coefficient (Wildman–Crippen LogP) is 3.55. The second-order valence-corrected chi connectivity index (χ2v) is 8.70. The molecule has 0 bridgehead atoms. The number of nitrogens with zero attached hydrogens (tertiary/aromatic N) is 3. The first-order valence-corrected chi connectivity index (χ1v) is 11.6. The molecule has 1 atom stereocenters. The molecule has 1 unspecified atom stereocenters. The second-order valence-electron chi connectivity index (χ2n) is 6.70. The van der Waals surface area contributed by atoms with Crippen molar-refractivity contribution in [2.75, 3.05) is 23.1 Å². The van der Waals surface area contributed by atoms with Crippen LogP contribution in [-0.2, 0) is 4.79 Å². The molecule has 0 amide bonds. The van der Waals surface area contributed by atoms with Gasteiger partial charge >= 0.3 is 5.97 Å². The molecular weight excluding hydrogens is 434 g/mol. The van der Waals surface area contributed by atoms with Gasteiger partial charge in [-0.1, -0.05) is 18.2 Å². The monoisotopic (exact) mass is 455 g/mol. The number of nitrogens with one attached hydrogen (secondary N) is 1. The van der Waals surface area contributed by atoms with Gasteiger partial charge in [-0.3, -0.25) is 4.79 Å². The number of para-hydroxylation sites is 1. The second kappa shape index (κ2) is 9.68. The highest BCUT2D eigenvalue weighted by Gasteiger charge is 2.27. The molecule has 31 heavy (non-hydrogen) atoms. The van der Waals surface area contributed by atoms with Crippen molar-refractivity contribution in [3.8, 4) is 11.8 Å². The van der Waals surface area contributed by atoms with Crippen LogP contribution in [-0.4, -0.2) is 44.7 Å². The highest BCUT2D eigenvalue weighted by molar-refractivity contribution is 7.98. The summed E-state index contributed by atoms with van der Waals surface area (Å²) in [5, 5.41) is 26.5. The minimum absolute atomic E-state index is 0.0425. The number of aliphatic carboxylic acids is 1. The molecule has 0 spiro atoms. The normalized spacial score (nSPS) is 11.6. The zero-order valence-corrected chi connectivity index (χ0v) is 18.6. The van der Waals surface area contributed by atoms with E-state index in [4.69, 9.17) is 5.73 Å². The molecule has 8 nitrogen and oxygen atoms in total. The lowest BCUT2D eigenvalue weighted by molar-refractivity contribution is -0.137. The summed E-state index contributed by atoms with van der Waals surface area (Å²) in [4.78, 5) is 25.0. The van der Waals surface area contributed by atoms with Crippen molar-refractivity contribution in [1.82, 2.24) is 9.78 Å². The van der Waals surface area contributed by atoms with E-state index < -0.39 is 12.0 Å². The number of carboxylic acid groups (broad SMARTS) is 1. The Morgan fingerprint density at radius 2 is 2.10 bits per heavy atom. The molecular formula is C21H21N5O3S2. The van der Waals surface area contributed by atoms with Crippen molar-refractivity contribution in [1.29, 1.82) is 5.26 Å². The van der Waals surface area contributed by atoms with E-state index in [2.05, 4.69) is 10.4 Å². The molecule has 0 aliphatic rings. The van der Waals surface area contributed by atoms with E-state index in [1.54, 1.807) is 11.6 Å². The SMILES string of the molecule is CSCCC(Nc1sc(C(=O)c2cnn(-c3ccccc3)c2C)c(N)c1C#N)C(=O)O. The van der Waals surface area contributed by atoms with Crippen molar-refractivity contribution < 1.29 is 14.7 Å². The highest BCUT2D eigenvalue weighted by Crippen LogP contribution is 2.37. The maximum absolute atomic E-state index is 13.2. The molecule has 160 valence electrons. The summed E-state index contributed by atoms with van der Waals surface area (Å²) in [5.74, 6) is -0.753. The molecule has 0 aliphatic carbocycles. The Kier molecular flexibility index (Phi) is 6.99. The van der Waals surface area contributed by atoms with Gasteiger partial charge in [0.05, 0.1) is 28.8 Å². The summed E-state index contributed by atoms with van der Waals surface area (Å²) in [6, 6.07) is 10.5. The van der Waals surface area contributed by atoms with Crippen LogP contribution in [0.4, 0.5) is 10.7 Å². The Morgan fingerprint density at radius 3 is 2.71 bits per heavy atom. The van der Waals surface area contributed by atoms with Gasteiger partial charge in [0.1, 0.15) is 27.6 Å². The number of benzene rings is 1. The number of rotatable bonds is 9. The molecule has 1 aromatic carbocycles. The molecule has 10 heteroatoms. The molecule has 3 rings (SSSR count). The largest absolute Gasteiger partial charge is 0.480 e. The van der Waals surface area contributed by atoms with Gasteiger partial charge in [-0.05, 0) is 37.5 Å². The zero-order valence-electron chi connectivity index (χ0n) is 17.0. The van der Waals surface area contributed by atoms with Gasteiger partial charge in [0, 0.05) is 0 Å². The summed E-state index contributed by atoms with van der Waals surface area (Å²) in [5.41, 5.74) is 8.07. The van der Waals surface area contributed by atoms with Crippen molar-refractivity contribution in [3.05, 3.63) is 58.2 Å². The maximum Gasteiger partial charge on any atom is 0.326 e. The average molecular weight is 456 g/mol. The number of carbonyl (C=O) groups is 2. The fourth-order valence-electron chi connectivity index (χ4n) is 3.06. The van der Waals surface area contributed by atoms with Gasteiger partial charge in [-0.25, -0.2) is 9.48 Å². The molecule has 2 aromatic heterocycles. The third kappa shape index (κ3) is 4.57. The number of thiophene rings is 1. The van der Waals surface area contributed by atoms with Crippen molar-refractivity contribution in [2.24, 2.45) is 0 Å². The standard InChI is InChI=1S/C21H21N5O3S2/c1-12-15(11-24-26(12)13-6-4-3-5-7-13)18(27)19-17(23)14(10-22)20(31-19)25-16(21(28)29)8-9-30-2/h3-7,11,16,25H,8-9,23H2,1-2H3,(H,28,29). The fourth-order valence-corrected chi connectivity index (χ4v) is 4.61. The number of hydrogen-bond acceptors (Lipinski definition) is 8. The van der Waals surface area contributed by atoms with Crippen molar-refractivity contribution in [2.45, 2.75) is 19.4 Å². The van der Waals surface area contributed by atoms with E-state index in [1.807, 2.05) is 42.7 Å². The van der Waals surface area contributed by atoms with Crippen LogP contribution >= 0.6 is 23.1 Å². The topological polar surface area (TPSA) is 134 Å². The molecule has 0 saturated carbocycles. The Bertz CT molecular complexity index is 1150. The van der Waals surface area contributed by atoms with E-state index in [-0.39, 0.29) is 26.9 Å². The molecule has 0 saturated heterocycles. The third-order valence-electron chi connectivity index (χ3n) is 4.73. The van der Waals surface area contributed by atoms with Crippen molar-refractivity contribution in [3.63, 3.8) is 0 Å². The van der Waals surface area contributed by atoms with Crippen LogP contribution in [0, 0.1) is 18.3 Å². The average Bonchev–Trinajstić information content (AvgIpc) is 3.30. The fraction of sp³-hybridized carbons (Fsp3) is 0.238. The summed E-state index contributed by atoms with van der Waals surface area (Å²) in [6.07, 6.45) is 3.73. The van der Waals surface area contributed by atoms with Crippen LogP contribution < -0.4 is 11.1 Å². The smallest absolute Gasteiger partial charge is 0.326 e. The highest BCUT2D eigenvalue weighted by atomic mass is 32.2. The van der Waals surface area contributed by atoms with Crippen LogP contribution in [0.15, 0.2) is 36.5 Å². The van der Waals surface area contributed by atoms with E-state index in [0.29, 0.717) is 23.4 Å². The number of anilines is 2. The van der Waals surface area contributed by atoms with Crippen LogP contribution in [0.1, 0.15) is 32.9 Å². The minimum atomic E-state index is -1.03. The number of nitriles is 1. The van der Waals surface area contributed by atoms with Crippen LogP contribution in [0.3, 0.4) is 0 Å². The first-order valence-electron chi connectivity index (χ1n) is 9.34. The first kappa shape index (κ1) is 22.4. The predicted molar refractivity (Wildman–Crippen MR) is 123 cm³/mol. The van der Waals surface area contributed by atoms with Gasteiger partial charge in [0.15, 0.2) is 0 Å². The number of thioether (sulfide) groups is 1. The third-order valence-corrected chi connectivity index (χ3v) is 6.51. The van der Waals surface area contributed by atoms with Gasteiger partial charge < -0.3 is 16.2 Å². The van der Waals surface area contributed by atoms with Crippen molar-refractivity contribution >= 4 is 45.5 Å². The number of ketones is 1. The van der Waals surface area contributed by atoms with Crippen LogP contribution in [0.25, 0.3) is 5.69 Å². The number of nitrogen functional groups attached to an aromatic ring is 1. The molecule has 4 N–H and O–H groups in total. The quantitative estimate of drug-likeness (QED) is 0.417. The molecule has 3 aromatic rings. The molecule has 0 fully saturated rings. The number of hydrogen-bond donors (Lipinski definition) is 3. The Morgan fingerprint density at radius 1 is 1.39 bits per heavy atom. The number of carboxylic acids is 1. The summed E-state index contributed by atoms with van der Waals surface area (Å²) < 4.78 is 1.66. The summed E-state index contributed by atoms with van der Waals surface area (Å²) in [7, 11) is 0. The number of aromatic nitrogens is 2. The summed E-state index contributed by atoms with van der Waals surface area (Å²) in [6.45, 7) is 1.78. The lowest BCUT2D eigenvalue weighted by Gasteiger charge is -2.13.